The van der Waals surface area contributed by atoms with Crippen LogP contribution < -0.4 is 0 Å². The van der Waals surface area contributed by atoms with E-state index in [4.69, 9.17) is 4.42 Å². The van der Waals surface area contributed by atoms with E-state index in [2.05, 4.69) is 0 Å². The molecule has 1 N–H and O–H groups in total. The van der Waals surface area contributed by atoms with Gasteiger partial charge in [0.1, 0.15) is 22.8 Å². The SMILES string of the molecule is Cc1ccc2oc(C(C)(O)Cc3ccc(F)cc3)cc2c1. The second kappa shape index (κ2) is 5.01. The third kappa shape index (κ3) is 2.83. The van der Waals surface area contributed by atoms with Crippen LogP contribution in [0.25, 0.3) is 11.0 Å². The van der Waals surface area contributed by atoms with E-state index in [-0.39, 0.29) is 5.82 Å². The maximum atomic E-state index is 12.9. The molecule has 1 unspecified atom stereocenters. The van der Waals surface area contributed by atoms with Crippen LogP contribution in [0.3, 0.4) is 0 Å². The summed E-state index contributed by atoms with van der Waals surface area (Å²) < 4.78 is 18.7. The van der Waals surface area contributed by atoms with Crippen molar-refractivity contribution >= 4 is 11.0 Å². The zero-order valence-corrected chi connectivity index (χ0v) is 12.1. The van der Waals surface area contributed by atoms with E-state index in [1.165, 1.54) is 12.1 Å². The number of hydrogen-bond donors (Lipinski definition) is 1. The van der Waals surface area contributed by atoms with Crippen LogP contribution >= 0.6 is 0 Å². The first kappa shape index (κ1) is 13.8. The third-order valence-electron chi connectivity index (χ3n) is 3.66. The molecule has 0 aliphatic heterocycles. The molecule has 2 aromatic carbocycles. The lowest BCUT2D eigenvalue weighted by Gasteiger charge is -2.20. The predicted molar refractivity (Wildman–Crippen MR) is 80.6 cm³/mol. The monoisotopic (exact) mass is 284 g/mol. The molecule has 3 rings (SSSR count). The van der Waals surface area contributed by atoms with Crippen molar-refractivity contribution in [1.29, 1.82) is 0 Å². The van der Waals surface area contributed by atoms with Gasteiger partial charge in [-0.25, -0.2) is 4.39 Å². The third-order valence-corrected chi connectivity index (χ3v) is 3.66. The molecule has 0 amide bonds. The summed E-state index contributed by atoms with van der Waals surface area (Å²) in [5.41, 5.74) is 1.63. The lowest BCUT2D eigenvalue weighted by molar-refractivity contribution is 0.0360. The van der Waals surface area contributed by atoms with Crippen molar-refractivity contribution in [2.45, 2.75) is 25.9 Å². The Morgan fingerprint density at radius 2 is 1.81 bits per heavy atom. The molecular weight excluding hydrogens is 267 g/mol. The Morgan fingerprint density at radius 3 is 2.52 bits per heavy atom. The molecule has 1 heterocycles. The van der Waals surface area contributed by atoms with Crippen LogP contribution in [0, 0.1) is 12.7 Å². The van der Waals surface area contributed by atoms with Crippen molar-refractivity contribution < 1.29 is 13.9 Å². The largest absolute Gasteiger partial charge is 0.458 e. The summed E-state index contributed by atoms with van der Waals surface area (Å²) in [6, 6.07) is 13.9. The maximum absolute atomic E-state index is 12.9. The molecule has 108 valence electrons. The number of benzene rings is 2. The van der Waals surface area contributed by atoms with Crippen molar-refractivity contribution in [3.8, 4) is 0 Å². The maximum Gasteiger partial charge on any atom is 0.136 e. The molecule has 2 nitrogen and oxygen atoms in total. The summed E-state index contributed by atoms with van der Waals surface area (Å²) in [4.78, 5) is 0. The Hall–Kier alpha value is -2.13. The second-order valence-electron chi connectivity index (χ2n) is 5.73. The summed E-state index contributed by atoms with van der Waals surface area (Å²) in [6.07, 6.45) is 0.367. The summed E-state index contributed by atoms with van der Waals surface area (Å²) in [5.74, 6) is 0.241. The van der Waals surface area contributed by atoms with Gasteiger partial charge in [-0.05, 0) is 49.7 Å². The Labute approximate surface area is 122 Å². The van der Waals surface area contributed by atoms with E-state index in [0.717, 1.165) is 22.1 Å². The van der Waals surface area contributed by atoms with Gasteiger partial charge < -0.3 is 9.52 Å². The van der Waals surface area contributed by atoms with Crippen molar-refractivity contribution in [1.82, 2.24) is 0 Å². The number of aryl methyl sites for hydroxylation is 1. The smallest absolute Gasteiger partial charge is 0.136 e. The second-order valence-corrected chi connectivity index (χ2v) is 5.73. The number of hydrogen-bond acceptors (Lipinski definition) is 2. The van der Waals surface area contributed by atoms with E-state index in [9.17, 15) is 9.50 Å². The zero-order chi connectivity index (χ0) is 15.0. The first-order valence-corrected chi connectivity index (χ1v) is 6.91. The van der Waals surface area contributed by atoms with Crippen LogP contribution in [0.4, 0.5) is 4.39 Å². The van der Waals surface area contributed by atoms with Crippen LogP contribution in [0.1, 0.15) is 23.8 Å². The Bertz CT molecular complexity index is 770. The molecule has 0 saturated heterocycles. The number of halogens is 1. The molecule has 0 bridgehead atoms. The van der Waals surface area contributed by atoms with Crippen molar-refractivity contribution in [3.63, 3.8) is 0 Å². The molecule has 1 atom stereocenters. The topological polar surface area (TPSA) is 33.4 Å². The highest BCUT2D eigenvalue weighted by Gasteiger charge is 2.27. The van der Waals surface area contributed by atoms with Crippen LogP contribution in [-0.4, -0.2) is 5.11 Å². The normalized spacial score (nSPS) is 14.3. The van der Waals surface area contributed by atoms with E-state index in [1.807, 2.05) is 31.2 Å². The number of furan rings is 1. The average Bonchev–Trinajstić information content (AvgIpc) is 2.85. The molecule has 0 saturated carbocycles. The lowest BCUT2D eigenvalue weighted by Crippen LogP contribution is -2.23. The van der Waals surface area contributed by atoms with Crippen molar-refractivity contribution in [3.05, 3.63) is 71.2 Å². The molecule has 21 heavy (non-hydrogen) atoms. The number of rotatable bonds is 3. The Balaban J connectivity index is 1.93. The minimum absolute atomic E-state index is 0.280. The molecule has 0 radical (unpaired) electrons. The van der Waals surface area contributed by atoms with Crippen LogP contribution in [0.15, 0.2) is 52.9 Å². The molecule has 0 aliphatic carbocycles. The fourth-order valence-corrected chi connectivity index (χ4v) is 2.52. The number of fused-ring (bicyclic) bond motifs is 1. The van der Waals surface area contributed by atoms with Gasteiger partial charge in [-0.3, -0.25) is 0 Å². The summed E-state index contributed by atoms with van der Waals surface area (Å²) in [6.45, 7) is 3.73. The fraction of sp³-hybridized carbons (Fsp3) is 0.222. The first-order valence-electron chi connectivity index (χ1n) is 6.91. The molecular formula is C18H17FO2. The molecule has 3 heteroatoms. The van der Waals surface area contributed by atoms with Crippen molar-refractivity contribution in [2.24, 2.45) is 0 Å². The minimum Gasteiger partial charge on any atom is -0.458 e. The van der Waals surface area contributed by atoms with Gasteiger partial charge in [0.15, 0.2) is 0 Å². The van der Waals surface area contributed by atoms with Crippen LogP contribution in [0.2, 0.25) is 0 Å². The van der Waals surface area contributed by atoms with Gasteiger partial charge in [0.2, 0.25) is 0 Å². The van der Waals surface area contributed by atoms with Gasteiger partial charge in [-0.15, -0.1) is 0 Å². The van der Waals surface area contributed by atoms with Gasteiger partial charge in [0.05, 0.1) is 0 Å². The molecule has 0 spiro atoms. The minimum atomic E-state index is -1.13. The standard InChI is InChI=1S/C18H17FO2/c1-12-3-8-16-14(9-12)10-17(21-16)18(2,20)11-13-4-6-15(19)7-5-13/h3-10,20H,11H2,1-2H3. The van der Waals surface area contributed by atoms with Gasteiger partial charge in [-0.1, -0.05) is 23.8 Å². The van der Waals surface area contributed by atoms with Crippen molar-refractivity contribution in [2.75, 3.05) is 0 Å². The highest BCUT2D eigenvalue weighted by atomic mass is 19.1. The first-order chi connectivity index (χ1) is 9.94. The Morgan fingerprint density at radius 1 is 1.10 bits per heavy atom. The van der Waals surface area contributed by atoms with E-state index in [0.29, 0.717) is 12.2 Å². The quantitative estimate of drug-likeness (QED) is 0.776. The molecule has 1 aromatic heterocycles. The van der Waals surface area contributed by atoms with Gasteiger partial charge >= 0.3 is 0 Å². The van der Waals surface area contributed by atoms with E-state index >= 15 is 0 Å². The van der Waals surface area contributed by atoms with Gasteiger partial charge in [-0.2, -0.15) is 0 Å². The van der Waals surface area contributed by atoms with Gasteiger partial charge in [0, 0.05) is 11.8 Å². The predicted octanol–water partition coefficient (Wildman–Crippen LogP) is 4.33. The van der Waals surface area contributed by atoms with E-state index < -0.39 is 5.60 Å². The van der Waals surface area contributed by atoms with E-state index in [1.54, 1.807) is 19.1 Å². The molecule has 3 aromatic rings. The van der Waals surface area contributed by atoms with Gasteiger partial charge in [0.25, 0.3) is 0 Å². The molecule has 0 aliphatic rings. The highest BCUT2D eigenvalue weighted by Crippen LogP contribution is 2.31. The average molecular weight is 284 g/mol. The van der Waals surface area contributed by atoms with Crippen LogP contribution in [0.5, 0.6) is 0 Å². The van der Waals surface area contributed by atoms with Crippen LogP contribution in [-0.2, 0) is 12.0 Å². The lowest BCUT2D eigenvalue weighted by atomic mass is 9.94. The fourth-order valence-electron chi connectivity index (χ4n) is 2.52. The highest BCUT2D eigenvalue weighted by molar-refractivity contribution is 5.78. The number of aliphatic hydroxyl groups is 1. The Kier molecular flexibility index (Phi) is 3.30. The zero-order valence-electron chi connectivity index (χ0n) is 12.1. The summed E-state index contributed by atoms with van der Waals surface area (Å²) >= 11 is 0. The summed E-state index contributed by atoms with van der Waals surface area (Å²) in [7, 11) is 0. The molecule has 0 fully saturated rings. The summed E-state index contributed by atoms with van der Waals surface area (Å²) in [5, 5.41) is 11.7.